The molecular formula is C23H27ClN2O3. The van der Waals surface area contributed by atoms with Gasteiger partial charge in [0.25, 0.3) is 5.91 Å². The monoisotopic (exact) mass is 414 g/mol. The van der Waals surface area contributed by atoms with Gasteiger partial charge in [-0.05, 0) is 31.0 Å². The van der Waals surface area contributed by atoms with E-state index in [0.29, 0.717) is 36.2 Å². The van der Waals surface area contributed by atoms with E-state index in [0.717, 1.165) is 18.6 Å². The highest BCUT2D eigenvalue weighted by atomic mass is 35.5. The molecule has 2 aromatic carbocycles. The van der Waals surface area contributed by atoms with Gasteiger partial charge in [-0.2, -0.15) is 0 Å². The maximum atomic E-state index is 13.0. The van der Waals surface area contributed by atoms with Crippen LogP contribution in [-0.4, -0.2) is 43.0 Å². The molecule has 0 aliphatic carbocycles. The second-order valence-corrected chi connectivity index (χ2v) is 7.69. The molecule has 1 aliphatic heterocycles. The maximum absolute atomic E-state index is 13.0. The third-order valence-electron chi connectivity index (χ3n) is 5.24. The minimum atomic E-state index is -0.429. The molecule has 0 radical (unpaired) electrons. The Hall–Kier alpha value is -2.37. The van der Waals surface area contributed by atoms with Gasteiger partial charge in [0.05, 0.1) is 29.7 Å². The van der Waals surface area contributed by atoms with Crippen molar-refractivity contribution in [3.05, 3.63) is 70.7 Å². The van der Waals surface area contributed by atoms with Gasteiger partial charge in [0.15, 0.2) is 0 Å². The summed E-state index contributed by atoms with van der Waals surface area (Å²) in [6.45, 7) is 4.77. The van der Waals surface area contributed by atoms with Gasteiger partial charge in [-0.3, -0.25) is 9.59 Å². The van der Waals surface area contributed by atoms with Crippen molar-refractivity contribution in [2.24, 2.45) is 5.92 Å². The lowest BCUT2D eigenvalue weighted by molar-refractivity contribution is -0.132. The van der Waals surface area contributed by atoms with Crippen LogP contribution in [0.15, 0.2) is 54.6 Å². The first-order valence-electron chi connectivity index (χ1n) is 10.0. The third-order valence-corrected chi connectivity index (χ3v) is 5.57. The van der Waals surface area contributed by atoms with Crippen LogP contribution < -0.4 is 5.32 Å². The number of ether oxygens (including phenoxy) is 1. The maximum Gasteiger partial charge on any atom is 0.253 e. The Kier molecular flexibility index (Phi) is 7.67. The molecule has 0 saturated carbocycles. The molecule has 2 amide bonds. The summed E-state index contributed by atoms with van der Waals surface area (Å²) in [5.74, 6) is 0.115. The number of hydrogen-bond acceptors (Lipinski definition) is 3. The van der Waals surface area contributed by atoms with E-state index in [9.17, 15) is 9.59 Å². The first kappa shape index (κ1) is 21.3. The number of rotatable bonds is 8. The third kappa shape index (κ3) is 5.81. The minimum absolute atomic E-state index is 0.0210. The van der Waals surface area contributed by atoms with Gasteiger partial charge in [0, 0.05) is 25.6 Å². The highest BCUT2D eigenvalue weighted by Crippen LogP contribution is 2.22. The zero-order valence-electron chi connectivity index (χ0n) is 16.6. The average molecular weight is 415 g/mol. The average Bonchev–Trinajstić information content (AvgIpc) is 3.25. The molecule has 29 heavy (non-hydrogen) atoms. The van der Waals surface area contributed by atoms with E-state index in [-0.39, 0.29) is 18.2 Å². The van der Waals surface area contributed by atoms with Crippen LogP contribution in [0.3, 0.4) is 0 Å². The van der Waals surface area contributed by atoms with Gasteiger partial charge in [-0.1, -0.05) is 54.1 Å². The Morgan fingerprint density at radius 1 is 1.17 bits per heavy atom. The van der Waals surface area contributed by atoms with E-state index >= 15 is 0 Å². The molecule has 1 saturated heterocycles. The fourth-order valence-corrected chi connectivity index (χ4v) is 3.79. The van der Waals surface area contributed by atoms with Crippen molar-refractivity contribution in [1.82, 2.24) is 10.2 Å². The molecule has 154 valence electrons. The van der Waals surface area contributed by atoms with Crippen LogP contribution in [0.1, 0.15) is 41.7 Å². The summed E-state index contributed by atoms with van der Waals surface area (Å²) < 4.78 is 5.44. The lowest BCUT2D eigenvalue weighted by Gasteiger charge is -2.27. The number of halogens is 1. The Morgan fingerprint density at radius 2 is 1.90 bits per heavy atom. The lowest BCUT2D eigenvalue weighted by atomic mass is 10.0. The molecule has 3 rings (SSSR count). The van der Waals surface area contributed by atoms with E-state index in [1.165, 1.54) is 0 Å². The molecule has 1 fully saturated rings. The number of carbonyl (C=O) groups is 2. The summed E-state index contributed by atoms with van der Waals surface area (Å²) in [6, 6.07) is 16.1. The molecule has 2 aromatic rings. The van der Waals surface area contributed by atoms with Gasteiger partial charge >= 0.3 is 0 Å². The van der Waals surface area contributed by atoms with Gasteiger partial charge < -0.3 is 15.0 Å². The Balaban J connectivity index is 1.74. The van der Waals surface area contributed by atoms with Crippen LogP contribution >= 0.6 is 11.6 Å². The van der Waals surface area contributed by atoms with Crippen molar-refractivity contribution in [2.75, 3.05) is 26.3 Å². The van der Waals surface area contributed by atoms with E-state index < -0.39 is 6.04 Å². The van der Waals surface area contributed by atoms with Crippen molar-refractivity contribution < 1.29 is 14.3 Å². The molecule has 2 unspecified atom stereocenters. The normalized spacial score (nSPS) is 17.0. The fourth-order valence-electron chi connectivity index (χ4n) is 3.57. The molecule has 0 aromatic heterocycles. The predicted molar refractivity (Wildman–Crippen MR) is 114 cm³/mol. The van der Waals surface area contributed by atoms with Crippen molar-refractivity contribution in [2.45, 2.75) is 25.8 Å². The van der Waals surface area contributed by atoms with Crippen LogP contribution in [-0.2, 0) is 9.53 Å². The van der Waals surface area contributed by atoms with Gasteiger partial charge in [0.2, 0.25) is 5.91 Å². The number of amides is 2. The van der Waals surface area contributed by atoms with Crippen LogP contribution in [0, 0.1) is 5.92 Å². The van der Waals surface area contributed by atoms with Crippen LogP contribution in [0.2, 0.25) is 5.02 Å². The quantitative estimate of drug-likeness (QED) is 0.707. The summed E-state index contributed by atoms with van der Waals surface area (Å²) in [4.78, 5) is 27.7. The molecule has 0 spiro atoms. The number of carbonyl (C=O) groups excluding carboxylic acids is 2. The molecule has 6 heteroatoms. The van der Waals surface area contributed by atoms with E-state index in [1.54, 1.807) is 24.3 Å². The molecular weight excluding hydrogens is 388 g/mol. The lowest BCUT2D eigenvalue weighted by Crippen LogP contribution is -2.39. The molecule has 1 heterocycles. The first-order valence-corrected chi connectivity index (χ1v) is 10.4. The van der Waals surface area contributed by atoms with Crippen molar-refractivity contribution >= 4 is 23.4 Å². The summed E-state index contributed by atoms with van der Waals surface area (Å²) in [5, 5.41) is 3.39. The van der Waals surface area contributed by atoms with E-state index in [2.05, 4.69) is 5.32 Å². The second kappa shape index (κ2) is 10.4. The van der Waals surface area contributed by atoms with Crippen molar-refractivity contribution in [1.29, 1.82) is 0 Å². The predicted octanol–water partition coefficient (Wildman–Crippen LogP) is 4.09. The Labute approximate surface area is 177 Å². The summed E-state index contributed by atoms with van der Waals surface area (Å²) in [5.41, 5.74) is 1.29. The molecule has 2 atom stereocenters. The smallest absolute Gasteiger partial charge is 0.253 e. The largest absolute Gasteiger partial charge is 0.381 e. The van der Waals surface area contributed by atoms with Crippen molar-refractivity contribution in [3.8, 4) is 0 Å². The highest BCUT2D eigenvalue weighted by molar-refractivity contribution is 6.33. The molecule has 5 nitrogen and oxygen atoms in total. The van der Waals surface area contributed by atoms with E-state index in [1.807, 2.05) is 42.2 Å². The molecule has 0 bridgehead atoms. The standard InChI is InChI=1S/C23H27ClN2O3/c1-2-26(15-17-12-13-29-16-17)22(27)14-21(18-8-4-3-5-9-18)25-23(28)19-10-6-7-11-20(19)24/h3-11,17,21H,2,12-16H2,1H3,(H,25,28). The van der Waals surface area contributed by atoms with Crippen molar-refractivity contribution in [3.63, 3.8) is 0 Å². The highest BCUT2D eigenvalue weighted by Gasteiger charge is 2.25. The van der Waals surface area contributed by atoms with Gasteiger partial charge in [0.1, 0.15) is 0 Å². The summed E-state index contributed by atoms with van der Waals surface area (Å²) >= 11 is 6.17. The first-order chi connectivity index (χ1) is 14.1. The fraction of sp³-hybridized carbons (Fsp3) is 0.391. The number of benzene rings is 2. The summed E-state index contributed by atoms with van der Waals surface area (Å²) in [7, 11) is 0. The Morgan fingerprint density at radius 3 is 2.55 bits per heavy atom. The Bertz CT molecular complexity index is 822. The zero-order chi connectivity index (χ0) is 20.6. The number of nitrogens with zero attached hydrogens (tertiary/aromatic N) is 1. The van der Waals surface area contributed by atoms with Crippen LogP contribution in [0.4, 0.5) is 0 Å². The van der Waals surface area contributed by atoms with E-state index in [4.69, 9.17) is 16.3 Å². The molecule has 1 aliphatic rings. The van der Waals surface area contributed by atoms with Gasteiger partial charge in [-0.15, -0.1) is 0 Å². The van der Waals surface area contributed by atoms with Gasteiger partial charge in [-0.25, -0.2) is 0 Å². The van der Waals surface area contributed by atoms with Crippen LogP contribution in [0.5, 0.6) is 0 Å². The number of hydrogen-bond donors (Lipinski definition) is 1. The van der Waals surface area contributed by atoms with Crippen LogP contribution in [0.25, 0.3) is 0 Å². The topological polar surface area (TPSA) is 58.6 Å². The SMILES string of the molecule is CCN(CC1CCOC1)C(=O)CC(NC(=O)c1ccccc1Cl)c1ccccc1. The number of nitrogens with one attached hydrogen (secondary N) is 1. The minimum Gasteiger partial charge on any atom is -0.381 e. The second-order valence-electron chi connectivity index (χ2n) is 7.28. The zero-order valence-corrected chi connectivity index (χ0v) is 17.4. The summed E-state index contributed by atoms with van der Waals surface area (Å²) in [6.07, 6.45) is 1.18. The molecule has 1 N–H and O–H groups in total.